The molecule has 0 aliphatic carbocycles. The Bertz CT molecular complexity index is 505. The summed E-state index contributed by atoms with van der Waals surface area (Å²) in [6, 6.07) is 10.2. The van der Waals surface area contributed by atoms with Gasteiger partial charge in [0.25, 0.3) is 0 Å². The highest BCUT2D eigenvalue weighted by molar-refractivity contribution is 5.82. The van der Waals surface area contributed by atoms with Crippen molar-refractivity contribution < 1.29 is 4.79 Å². The predicted molar refractivity (Wildman–Crippen MR) is 91.6 cm³/mol. The van der Waals surface area contributed by atoms with Crippen LogP contribution in [0.2, 0.25) is 0 Å². The van der Waals surface area contributed by atoms with Crippen LogP contribution >= 0.6 is 0 Å². The van der Waals surface area contributed by atoms with Gasteiger partial charge in [0.1, 0.15) is 0 Å². The molecule has 1 heterocycles. The Labute approximate surface area is 133 Å². The van der Waals surface area contributed by atoms with E-state index in [0.717, 1.165) is 26.2 Å². The number of benzene rings is 1. The van der Waals surface area contributed by atoms with Crippen LogP contribution in [0.25, 0.3) is 6.08 Å². The van der Waals surface area contributed by atoms with Crippen molar-refractivity contribution in [2.24, 2.45) is 0 Å². The van der Waals surface area contributed by atoms with Gasteiger partial charge >= 0.3 is 0 Å². The van der Waals surface area contributed by atoms with E-state index in [4.69, 9.17) is 0 Å². The van der Waals surface area contributed by atoms with Crippen molar-refractivity contribution in [3.8, 4) is 0 Å². The van der Waals surface area contributed by atoms with Gasteiger partial charge < -0.3 is 10.6 Å². The number of nitrogens with zero attached hydrogens (tertiary/aromatic N) is 1. The van der Waals surface area contributed by atoms with Crippen molar-refractivity contribution in [1.29, 1.82) is 0 Å². The van der Waals surface area contributed by atoms with Crippen LogP contribution in [0.1, 0.15) is 26.3 Å². The number of piperazine rings is 1. The van der Waals surface area contributed by atoms with Crippen molar-refractivity contribution in [3.63, 3.8) is 0 Å². The minimum absolute atomic E-state index is 0.0873. The topological polar surface area (TPSA) is 44.4 Å². The SMILES string of the molecule is CC(C)(C)NC(=O)[C@@H]1CN(C/C=C/c2ccccc2)CCN1. The quantitative estimate of drug-likeness (QED) is 0.892. The van der Waals surface area contributed by atoms with Crippen LogP contribution in [0.5, 0.6) is 0 Å². The van der Waals surface area contributed by atoms with Gasteiger partial charge in [0, 0.05) is 31.7 Å². The van der Waals surface area contributed by atoms with Crippen molar-refractivity contribution >= 4 is 12.0 Å². The van der Waals surface area contributed by atoms with Crippen LogP contribution in [0.3, 0.4) is 0 Å². The van der Waals surface area contributed by atoms with Gasteiger partial charge in [0.05, 0.1) is 6.04 Å². The predicted octanol–water partition coefficient (Wildman–Crippen LogP) is 1.89. The summed E-state index contributed by atoms with van der Waals surface area (Å²) in [5.74, 6) is 0.0873. The second-order valence-electron chi connectivity index (χ2n) is 6.82. The first-order chi connectivity index (χ1) is 10.4. The summed E-state index contributed by atoms with van der Waals surface area (Å²) in [6.45, 7) is 9.47. The Kier molecular flexibility index (Phi) is 5.75. The lowest BCUT2D eigenvalue weighted by molar-refractivity contribution is -0.125. The Balaban J connectivity index is 1.83. The summed E-state index contributed by atoms with van der Waals surface area (Å²) < 4.78 is 0. The number of rotatable bonds is 4. The molecule has 0 spiro atoms. The Hall–Kier alpha value is -1.65. The molecule has 22 heavy (non-hydrogen) atoms. The maximum absolute atomic E-state index is 12.2. The smallest absolute Gasteiger partial charge is 0.238 e. The molecule has 0 aromatic heterocycles. The molecule has 2 N–H and O–H groups in total. The molecule has 4 nitrogen and oxygen atoms in total. The molecule has 1 saturated heterocycles. The monoisotopic (exact) mass is 301 g/mol. The fourth-order valence-corrected chi connectivity index (χ4v) is 2.51. The van der Waals surface area contributed by atoms with Crippen LogP contribution < -0.4 is 10.6 Å². The molecule has 0 bridgehead atoms. The summed E-state index contributed by atoms with van der Waals surface area (Å²) >= 11 is 0. The largest absolute Gasteiger partial charge is 0.350 e. The van der Waals surface area contributed by atoms with E-state index in [1.54, 1.807) is 0 Å². The van der Waals surface area contributed by atoms with Gasteiger partial charge in [0.15, 0.2) is 0 Å². The third-order valence-corrected chi connectivity index (χ3v) is 3.55. The average molecular weight is 301 g/mol. The summed E-state index contributed by atoms with van der Waals surface area (Å²) in [7, 11) is 0. The van der Waals surface area contributed by atoms with Gasteiger partial charge in [-0.05, 0) is 26.3 Å². The number of nitrogens with one attached hydrogen (secondary N) is 2. The van der Waals surface area contributed by atoms with E-state index in [-0.39, 0.29) is 17.5 Å². The van der Waals surface area contributed by atoms with Crippen molar-refractivity contribution in [3.05, 3.63) is 42.0 Å². The maximum atomic E-state index is 12.2. The molecule has 120 valence electrons. The number of amides is 1. The highest BCUT2D eigenvalue weighted by atomic mass is 16.2. The summed E-state index contributed by atoms with van der Waals surface area (Å²) in [5.41, 5.74) is 1.02. The zero-order chi connectivity index (χ0) is 16.0. The molecular weight excluding hydrogens is 274 g/mol. The van der Waals surface area contributed by atoms with Gasteiger partial charge in [-0.3, -0.25) is 9.69 Å². The van der Waals surface area contributed by atoms with Gasteiger partial charge in [0.2, 0.25) is 5.91 Å². The van der Waals surface area contributed by atoms with E-state index >= 15 is 0 Å². The van der Waals surface area contributed by atoms with E-state index in [9.17, 15) is 4.79 Å². The molecule has 1 aliphatic heterocycles. The van der Waals surface area contributed by atoms with E-state index in [0.29, 0.717) is 0 Å². The van der Waals surface area contributed by atoms with Gasteiger partial charge in [-0.25, -0.2) is 0 Å². The minimum atomic E-state index is -0.186. The second-order valence-corrected chi connectivity index (χ2v) is 6.82. The third kappa shape index (κ3) is 5.62. The van der Waals surface area contributed by atoms with Crippen LogP contribution in [0.4, 0.5) is 0 Å². The first-order valence-corrected chi connectivity index (χ1v) is 7.93. The molecule has 1 amide bonds. The number of hydrogen-bond acceptors (Lipinski definition) is 3. The van der Waals surface area contributed by atoms with Crippen LogP contribution in [-0.4, -0.2) is 48.6 Å². The molecule has 1 aromatic rings. The zero-order valence-corrected chi connectivity index (χ0v) is 13.8. The highest BCUT2D eigenvalue weighted by Crippen LogP contribution is 2.05. The molecule has 1 aromatic carbocycles. The van der Waals surface area contributed by atoms with Gasteiger partial charge in [-0.15, -0.1) is 0 Å². The first-order valence-electron chi connectivity index (χ1n) is 7.93. The molecule has 1 aliphatic rings. The van der Waals surface area contributed by atoms with Crippen molar-refractivity contribution in [2.75, 3.05) is 26.2 Å². The molecule has 1 fully saturated rings. The van der Waals surface area contributed by atoms with E-state index in [1.807, 2.05) is 39.0 Å². The summed E-state index contributed by atoms with van der Waals surface area (Å²) in [6.07, 6.45) is 4.30. The highest BCUT2D eigenvalue weighted by Gasteiger charge is 2.26. The lowest BCUT2D eigenvalue weighted by Gasteiger charge is -2.34. The van der Waals surface area contributed by atoms with E-state index in [2.05, 4.69) is 39.8 Å². The Morgan fingerprint density at radius 3 is 2.77 bits per heavy atom. The lowest BCUT2D eigenvalue weighted by Crippen LogP contribution is -2.59. The van der Waals surface area contributed by atoms with Gasteiger partial charge in [-0.1, -0.05) is 42.5 Å². The van der Waals surface area contributed by atoms with Crippen LogP contribution in [0, 0.1) is 0 Å². The molecule has 0 unspecified atom stereocenters. The Morgan fingerprint density at radius 2 is 2.09 bits per heavy atom. The first kappa shape index (κ1) is 16.7. The normalized spacial score (nSPS) is 20.2. The number of carbonyl (C=O) groups is 1. The zero-order valence-electron chi connectivity index (χ0n) is 13.8. The Morgan fingerprint density at radius 1 is 1.36 bits per heavy atom. The van der Waals surface area contributed by atoms with E-state index < -0.39 is 0 Å². The fraction of sp³-hybridized carbons (Fsp3) is 0.500. The third-order valence-electron chi connectivity index (χ3n) is 3.55. The molecule has 4 heteroatoms. The van der Waals surface area contributed by atoms with Crippen molar-refractivity contribution in [1.82, 2.24) is 15.5 Å². The fourth-order valence-electron chi connectivity index (χ4n) is 2.51. The second kappa shape index (κ2) is 7.56. The summed E-state index contributed by atoms with van der Waals surface area (Å²) in [5, 5.41) is 6.35. The molecule has 0 radical (unpaired) electrons. The molecule has 0 saturated carbocycles. The molecular formula is C18H27N3O. The maximum Gasteiger partial charge on any atom is 0.238 e. The van der Waals surface area contributed by atoms with Crippen molar-refractivity contribution in [2.45, 2.75) is 32.4 Å². The summed E-state index contributed by atoms with van der Waals surface area (Å²) in [4.78, 5) is 14.5. The van der Waals surface area contributed by atoms with Crippen LogP contribution in [0.15, 0.2) is 36.4 Å². The average Bonchev–Trinajstić information content (AvgIpc) is 2.47. The number of carbonyl (C=O) groups excluding carboxylic acids is 1. The minimum Gasteiger partial charge on any atom is -0.350 e. The molecule has 1 atom stereocenters. The lowest BCUT2D eigenvalue weighted by atomic mass is 10.1. The van der Waals surface area contributed by atoms with Gasteiger partial charge in [-0.2, -0.15) is 0 Å². The van der Waals surface area contributed by atoms with E-state index in [1.165, 1.54) is 5.56 Å². The standard InChI is InChI=1S/C18H27N3O/c1-18(2,3)20-17(22)16-14-21(13-11-19-16)12-7-10-15-8-5-4-6-9-15/h4-10,16,19H,11-14H2,1-3H3,(H,20,22)/b10-7+/t16-/m0/s1. The molecule has 2 rings (SSSR count). The van der Waals surface area contributed by atoms with Crippen LogP contribution in [-0.2, 0) is 4.79 Å². The number of hydrogen-bond donors (Lipinski definition) is 2.